The van der Waals surface area contributed by atoms with Crippen molar-refractivity contribution in [2.45, 2.75) is 174 Å². The van der Waals surface area contributed by atoms with E-state index in [1.54, 1.807) is 0 Å². The average Bonchev–Trinajstić information content (AvgIpc) is 3.08. The Morgan fingerprint density at radius 2 is 0.980 bits per heavy atom. The molecule has 0 unspecified atom stereocenters. The Morgan fingerprint density at radius 3 is 1.50 bits per heavy atom. The molecule has 0 radical (unpaired) electrons. The minimum absolute atomic E-state index is 0.202. The van der Waals surface area contributed by atoms with Crippen LogP contribution in [0.5, 0.6) is 0 Å². The summed E-state index contributed by atoms with van der Waals surface area (Å²) in [6, 6.07) is 0. The van der Waals surface area contributed by atoms with Crippen molar-refractivity contribution in [3.05, 3.63) is 60.8 Å². The van der Waals surface area contributed by atoms with Gasteiger partial charge in [0.15, 0.2) is 6.10 Å². The van der Waals surface area contributed by atoms with Gasteiger partial charge in [-0.2, -0.15) is 0 Å². The molecule has 0 spiro atoms. The first kappa shape index (κ1) is 47.8. The predicted octanol–water partition coefficient (Wildman–Crippen LogP) is 11.7. The van der Waals surface area contributed by atoms with Crippen LogP contribution < -0.4 is 0 Å². The summed E-state index contributed by atoms with van der Waals surface area (Å²) in [6.07, 6.45) is 45.1. The van der Waals surface area contributed by atoms with Crippen LogP contribution in [0.2, 0.25) is 0 Å². The number of allylic oxidation sites excluding steroid dienone is 10. The van der Waals surface area contributed by atoms with E-state index in [-0.39, 0.29) is 19.4 Å². The van der Waals surface area contributed by atoms with E-state index < -0.39 is 32.5 Å². The third-order valence-corrected chi connectivity index (χ3v) is 8.60. The molecule has 0 aliphatic rings. The van der Waals surface area contributed by atoms with Crippen LogP contribution in [0, 0.1) is 0 Å². The normalized spacial score (nSPS) is 13.1. The molecule has 0 aromatic rings. The molecule has 0 aliphatic heterocycles. The molecule has 0 fully saturated rings. The lowest BCUT2D eigenvalue weighted by Gasteiger charge is -2.18. The molecule has 2 N–H and O–H groups in total. The van der Waals surface area contributed by atoms with Crippen molar-refractivity contribution in [2.75, 3.05) is 13.2 Å². The zero-order chi connectivity index (χ0) is 36.8. The Labute approximate surface area is 305 Å². The van der Waals surface area contributed by atoms with Gasteiger partial charge in [-0.25, -0.2) is 4.57 Å². The number of hydrogen-bond donors (Lipinski definition) is 2. The van der Waals surface area contributed by atoms with Gasteiger partial charge in [0.2, 0.25) is 0 Å². The molecule has 288 valence electrons. The molecule has 0 aromatic heterocycles. The van der Waals surface area contributed by atoms with Gasteiger partial charge in [0.25, 0.3) is 0 Å². The zero-order valence-corrected chi connectivity index (χ0v) is 32.4. The van der Waals surface area contributed by atoms with Crippen LogP contribution in [0.1, 0.15) is 168 Å². The van der Waals surface area contributed by atoms with Gasteiger partial charge in [0.1, 0.15) is 6.61 Å². The van der Waals surface area contributed by atoms with Crippen LogP contribution in [0.25, 0.3) is 0 Å². The Bertz CT molecular complexity index is 995. The largest absolute Gasteiger partial charge is 0.469 e. The van der Waals surface area contributed by atoms with Crippen molar-refractivity contribution >= 4 is 19.8 Å². The number of phosphoric ester groups is 1. The molecule has 0 aliphatic carbocycles. The van der Waals surface area contributed by atoms with Crippen molar-refractivity contribution < 1.29 is 37.9 Å². The van der Waals surface area contributed by atoms with Gasteiger partial charge in [0, 0.05) is 12.8 Å². The average molecular weight is 723 g/mol. The summed E-state index contributed by atoms with van der Waals surface area (Å²) in [7, 11) is -4.76. The van der Waals surface area contributed by atoms with E-state index >= 15 is 0 Å². The fourth-order valence-corrected chi connectivity index (χ4v) is 5.56. The maximum atomic E-state index is 12.4. The summed E-state index contributed by atoms with van der Waals surface area (Å²) in [5, 5.41) is 0. The van der Waals surface area contributed by atoms with Crippen LogP contribution >= 0.6 is 7.82 Å². The minimum atomic E-state index is -4.76. The first-order chi connectivity index (χ1) is 24.3. The van der Waals surface area contributed by atoms with Crippen molar-refractivity contribution in [1.29, 1.82) is 0 Å². The number of phosphoric acid groups is 1. The zero-order valence-electron chi connectivity index (χ0n) is 31.5. The van der Waals surface area contributed by atoms with Gasteiger partial charge in [-0.1, -0.05) is 158 Å². The van der Waals surface area contributed by atoms with E-state index in [2.05, 4.69) is 48.8 Å². The second-order valence-electron chi connectivity index (χ2n) is 13.0. The Morgan fingerprint density at radius 1 is 0.540 bits per heavy atom. The highest BCUT2D eigenvalue weighted by Crippen LogP contribution is 2.36. The highest BCUT2D eigenvalue weighted by molar-refractivity contribution is 7.46. The van der Waals surface area contributed by atoms with E-state index in [1.807, 2.05) is 30.4 Å². The molecule has 0 bridgehead atoms. The van der Waals surface area contributed by atoms with Crippen LogP contribution in [-0.4, -0.2) is 41.0 Å². The Balaban J connectivity index is 3.99. The molecule has 1 atom stereocenters. The number of carbonyl (C=O) groups is 2. The highest BCUT2D eigenvalue weighted by Gasteiger charge is 2.22. The number of rotatable bonds is 35. The quantitative estimate of drug-likeness (QED) is 0.0218. The first-order valence-corrected chi connectivity index (χ1v) is 21.2. The van der Waals surface area contributed by atoms with Crippen molar-refractivity contribution in [2.24, 2.45) is 0 Å². The molecule has 9 heteroatoms. The number of carbonyl (C=O) groups excluding carboxylic acids is 2. The fourth-order valence-electron chi connectivity index (χ4n) is 5.20. The van der Waals surface area contributed by atoms with Crippen molar-refractivity contribution in [1.82, 2.24) is 0 Å². The summed E-state index contributed by atoms with van der Waals surface area (Å²) in [5.74, 6) is -0.918. The molecule has 50 heavy (non-hydrogen) atoms. The maximum absolute atomic E-state index is 12.4. The molecular weight excluding hydrogens is 651 g/mol. The van der Waals surface area contributed by atoms with E-state index in [1.165, 1.54) is 70.6 Å². The van der Waals surface area contributed by atoms with Gasteiger partial charge < -0.3 is 19.3 Å². The van der Waals surface area contributed by atoms with Gasteiger partial charge in [-0.05, 0) is 57.8 Å². The highest BCUT2D eigenvalue weighted by atomic mass is 31.2. The Kier molecular flexibility index (Phi) is 34.9. The maximum Gasteiger partial charge on any atom is 0.469 e. The molecule has 0 saturated heterocycles. The summed E-state index contributed by atoms with van der Waals surface area (Å²) in [6.45, 7) is 3.50. The summed E-state index contributed by atoms with van der Waals surface area (Å²) < 4.78 is 26.3. The van der Waals surface area contributed by atoms with Gasteiger partial charge in [-0.3, -0.25) is 14.1 Å². The first-order valence-electron chi connectivity index (χ1n) is 19.6. The van der Waals surface area contributed by atoms with Crippen LogP contribution in [0.3, 0.4) is 0 Å². The molecule has 0 rings (SSSR count). The lowest BCUT2D eigenvalue weighted by molar-refractivity contribution is -0.161. The van der Waals surface area contributed by atoms with Gasteiger partial charge in [0.05, 0.1) is 6.61 Å². The standard InChI is InChI=1S/C41H71O8P/c1-3-5-7-9-11-13-15-17-19-20-22-24-26-28-30-32-34-36-41(43)49-39(38-48-50(44,45)46)37-47-40(42)35-33-31-29-27-25-23-21-18-16-14-12-10-8-6-4-2/h6,8,10,12-16,18,21,39H,3-5,7,9,11,17,19-20,22-38H2,1-2H3,(H2,44,45,46)/b8-6+,12-10+,15-13+,16-14+,21-18+/t39-/m1/s1. The van der Waals surface area contributed by atoms with Gasteiger partial charge in [-0.15, -0.1) is 0 Å². The van der Waals surface area contributed by atoms with E-state index in [0.29, 0.717) is 12.8 Å². The SMILES string of the molecule is CC/C=C/C=C/C=C/C=C/CCCCCCCC(=O)OC[C@H](COP(=O)(O)O)OC(=O)CCCCCCCCCCC/C=C/CCCCCC. The Hall–Kier alpha value is -2.25. The van der Waals surface area contributed by atoms with E-state index in [9.17, 15) is 14.2 Å². The lowest BCUT2D eigenvalue weighted by atomic mass is 10.1. The van der Waals surface area contributed by atoms with Crippen molar-refractivity contribution in [3.8, 4) is 0 Å². The number of ether oxygens (including phenoxy) is 2. The topological polar surface area (TPSA) is 119 Å². The van der Waals surface area contributed by atoms with Crippen LogP contribution in [-0.2, 0) is 28.2 Å². The third kappa shape index (κ3) is 38.6. The number of esters is 2. The number of hydrogen-bond acceptors (Lipinski definition) is 6. The summed E-state index contributed by atoms with van der Waals surface area (Å²) in [4.78, 5) is 42.8. The molecule has 0 aromatic carbocycles. The second-order valence-corrected chi connectivity index (χ2v) is 14.2. The van der Waals surface area contributed by atoms with Crippen LogP contribution in [0.15, 0.2) is 60.8 Å². The third-order valence-electron chi connectivity index (χ3n) is 8.11. The second kappa shape index (κ2) is 36.5. The van der Waals surface area contributed by atoms with E-state index in [0.717, 1.165) is 57.8 Å². The summed E-state index contributed by atoms with van der Waals surface area (Å²) >= 11 is 0. The smallest absolute Gasteiger partial charge is 0.462 e. The molecule has 0 amide bonds. The predicted molar refractivity (Wildman–Crippen MR) is 207 cm³/mol. The van der Waals surface area contributed by atoms with Crippen molar-refractivity contribution in [3.63, 3.8) is 0 Å². The number of unbranched alkanes of at least 4 members (excludes halogenated alkanes) is 18. The minimum Gasteiger partial charge on any atom is -0.462 e. The fraction of sp³-hybridized carbons (Fsp3) is 0.707. The molecule has 0 heterocycles. The summed E-state index contributed by atoms with van der Waals surface area (Å²) in [5.41, 5.74) is 0. The lowest BCUT2D eigenvalue weighted by Crippen LogP contribution is -2.29. The molecule has 8 nitrogen and oxygen atoms in total. The monoisotopic (exact) mass is 722 g/mol. The van der Waals surface area contributed by atoms with E-state index in [4.69, 9.17) is 19.3 Å². The molecule has 0 saturated carbocycles. The van der Waals surface area contributed by atoms with Gasteiger partial charge >= 0.3 is 19.8 Å². The van der Waals surface area contributed by atoms with Crippen LogP contribution in [0.4, 0.5) is 0 Å². The molecular formula is C41H71O8P.